The monoisotopic (exact) mass is 249 g/mol. The molecule has 90 valence electrons. The van der Waals surface area contributed by atoms with E-state index in [1.54, 1.807) is 0 Å². The van der Waals surface area contributed by atoms with Gasteiger partial charge in [-0.05, 0) is 18.2 Å². The number of nitrogens with two attached hydrogens (primary N) is 1. The number of benzene rings is 1. The first-order valence-electron chi connectivity index (χ1n) is 4.27. The molecule has 0 fully saturated rings. The Morgan fingerprint density at radius 3 is 2.56 bits per heavy atom. The normalized spacial score (nSPS) is 11.2. The van der Waals surface area contributed by atoms with Gasteiger partial charge in [0.1, 0.15) is 17.6 Å². The van der Waals surface area contributed by atoms with Crippen molar-refractivity contribution in [2.45, 2.75) is 6.04 Å². The predicted molar refractivity (Wildman–Crippen MR) is 59.1 cm³/mol. The standard InChI is InChI=1S/C10H12FNO3.ClH/c1-14-8-4-3-6(11)5-7(8)9(12)10(13)15-2;/h3-5,9H,12H2,1-2H3;1H/t9-;/m0./s1. The number of hydrogen-bond donors (Lipinski definition) is 1. The van der Waals surface area contributed by atoms with Crippen LogP contribution in [0.3, 0.4) is 0 Å². The van der Waals surface area contributed by atoms with Gasteiger partial charge in [0, 0.05) is 5.56 Å². The van der Waals surface area contributed by atoms with Gasteiger partial charge >= 0.3 is 5.97 Å². The van der Waals surface area contributed by atoms with Gasteiger partial charge in [-0.3, -0.25) is 4.79 Å². The zero-order chi connectivity index (χ0) is 11.4. The Morgan fingerprint density at radius 2 is 2.06 bits per heavy atom. The minimum Gasteiger partial charge on any atom is -0.496 e. The van der Waals surface area contributed by atoms with Crippen LogP contribution in [0.2, 0.25) is 0 Å². The summed E-state index contributed by atoms with van der Waals surface area (Å²) in [6, 6.07) is 2.75. The molecular formula is C10H13ClFNO3. The van der Waals surface area contributed by atoms with Crippen LogP contribution < -0.4 is 10.5 Å². The maximum absolute atomic E-state index is 12.9. The second-order valence-corrected chi connectivity index (χ2v) is 2.89. The average molecular weight is 250 g/mol. The zero-order valence-electron chi connectivity index (χ0n) is 8.90. The molecule has 1 atom stereocenters. The lowest BCUT2D eigenvalue weighted by atomic mass is 10.1. The predicted octanol–water partition coefficient (Wildman–Crippen LogP) is 1.43. The van der Waals surface area contributed by atoms with Gasteiger partial charge in [-0.25, -0.2) is 4.39 Å². The summed E-state index contributed by atoms with van der Waals surface area (Å²) in [6.45, 7) is 0. The maximum Gasteiger partial charge on any atom is 0.327 e. The molecular weight excluding hydrogens is 237 g/mol. The summed E-state index contributed by atoms with van der Waals surface area (Å²) in [5.41, 5.74) is 5.84. The van der Waals surface area contributed by atoms with Crippen LogP contribution in [-0.2, 0) is 9.53 Å². The Bertz CT molecular complexity index is 373. The molecule has 0 radical (unpaired) electrons. The van der Waals surface area contributed by atoms with Crippen molar-refractivity contribution in [3.05, 3.63) is 29.6 Å². The van der Waals surface area contributed by atoms with Crippen LogP contribution in [0.5, 0.6) is 5.75 Å². The van der Waals surface area contributed by atoms with Crippen LogP contribution in [-0.4, -0.2) is 20.2 Å². The molecule has 0 aliphatic carbocycles. The van der Waals surface area contributed by atoms with Crippen molar-refractivity contribution in [3.8, 4) is 5.75 Å². The van der Waals surface area contributed by atoms with E-state index in [0.717, 1.165) is 6.07 Å². The number of halogens is 2. The Kier molecular flexibility index (Phi) is 5.77. The van der Waals surface area contributed by atoms with Gasteiger partial charge in [0.25, 0.3) is 0 Å². The molecule has 0 aliphatic rings. The molecule has 1 aromatic carbocycles. The minimum atomic E-state index is -1.04. The third-order valence-electron chi connectivity index (χ3n) is 1.98. The molecule has 2 N–H and O–H groups in total. The Morgan fingerprint density at radius 1 is 1.44 bits per heavy atom. The van der Waals surface area contributed by atoms with E-state index in [2.05, 4.69) is 4.74 Å². The van der Waals surface area contributed by atoms with Gasteiger partial charge in [0.2, 0.25) is 0 Å². The Hall–Kier alpha value is -1.33. The number of esters is 1. The highest BCUT2D eigenvalue weighted by Crippen LogP contribution is 2.25. The molecule has 6 heteroatoms. The van der Waals surface area contributed by atoms with Crippen molar-refractivity contribution in [2.75, 3.05) is 14.2 Å². The molecule has 0 spiro atoms. The first kappa shape index (κ1) is 14.7. The van der Waals surface area contributed by atoms with E-state index in [1.807, 2.05) is 0 Å². The van der Waals surface area contributed by atoms with Crippen molar-refractivity contribution in [1.82, 2.24) is 0 Å². The first-order chi connectivity index (χ1) is 7.10. The molecule has 1 aromatic rings. The molecule has 0 unspecified atom stereocenters. The summed E-state index contributed by atoms with van der Waals surface area (Å²) >= 11 is 0. The fourth-order valence-corrected chi connectivity index (χ4v) is 1.20. The van der Waals surface area contributed by atoms with Gasteiger partial charge in [-0.1, -0.05) is 0 Å². The Balaban J connectivity index is 0.00000225. The smallest absolute Gasteiger partial charge is 0.327 e. The molecule has 0 aliphatic heterocycles. The topological polar surface area (TPSA) is 61.5 Å². The molecule has 0 amide bonds. The van der Waals surface area contributed by atoms with E-state index in [4.69, 9.17) is 10.5 Å². The fraction of sp³-hybridized carbons (Fsp3) is 0.300. The van der Waals surface area contributed by atoms with E-state index >= 15 is 0 Å². The van der Waals surface area contributed by atoms with Gasteiger partial charge in [-0.2, -0.15) is 0 Å². The summed E-state index contributed by atoms with van der Waals surface area (Å²) in [5.74, 6) is -0.765. The van der Waals surface area contributed by atoms with Crippen LogP contribution in [0.1, 0.15) is 11.6 Å². The molecule has 4 nitrogen and oxygen atoms in total. The zero-order valence-corrected chi connectivity index (χ0v) is 9.71. The second-order valence-electron chi connectivity index (χ2n) is 2.89. The van der Waals surface area contributed by atoms with Gasteiger partial charge in [-0.15, -0.1) is 12.4 Å². The molecule has 0 aromatic heterocycles. The van der Waals surface area contributed by atoms with Crippen LogP contribution in [0.4, 0.5) is 4.39 Å². The van der Waals surface area contributed by atoms with Gasteiger partial charge in [0.05, 0.1) is 14.2 Å². The second kappa shape index (κ2) is 6.30. The summed E-state index contributed by atoms with van der Waals surface area (Å²) in [6.07, 6.45) is 0. The van der Waals surface area contributed by atoms with Crippen molar-refractivity contribution >= 4 is 18.4 Å². The van der Waals surface area contributed by atoms with Crippen molar-refractivity contribution < 1.29 is 18.7 Å². The van der Waals surface area contributed by atoms with Gasteiger partial charge < -0.3 is 15.2 Å². The third-order valence-corrected chi connectivity index (χ3v) is 1.98. The molecule has 0 saturated heterocycles. The molecule has 0 saturated carbocycles. The van der Waals surface area contributed by atoms with Crippen molar-refractivity contribution in [2.24, 2.45) is 5.73 Å². The van der Waals surface area contributed by atoms with Crippen molar-refractivity contribution in [1.29, 1.82) is 0 Å². The van der Waals surface area contributed by atoms with Crippen LogP contribution in [0.25, 0.3) is 0 Å². The maximum atomic E-state index is 12.9. The van der Waals surface area contributed by atoms with Crippen LogP contribution in [0, 0.1) is 5.82 Å². The van der Waals surface area contributed by atoms with E-state index in [-0.39, 0.29) is 18.0 Å². The Labute approximate surface area is 98.9 Å². The van der Waals surface area contributed by atoms with E-state index in [9.17, 15) is 9.18 Å². The number of ether oxygens (including phenoxy) is 2. The summed E-state index contributed by atoms with van der Waals surface area (Å²) < 4.78 is 22.4. The van der Waals surface area contributed by atoms with Crippen LogP contribution >= 0.6 is 12.4 Å². The largest absolute Gasteiger partial charge is 0.496 e. The average Bonchev–Trinajstić information content (AvgIpc) is 2.27. The summed E-state index contributed by atoms with van der Waals surface area (Å²) in [7, 11) is 2.63. The summed E-state index contributed by atoms with van der Waals surface area (Å²) in [4.78, 5) is 11.2. The SMILES string of the molecule is COC(=O)[C@@H](N)c1cc(F)ccc1OC.Cl. The number of hydrogen-bond acceptors (Lipinski definition) is 4. The number of rotatable bonds is 3. The highest BCUT2D eigenvalue weighted by molar-refractivity contribution is 5.85. The molecule has 0 heterocycles. The summed E-state index contributed by atoms with van der Waals surface area (Å²) in [5, 5.41) is 0. The van der Waals surface area contributed by atoms with Gasteiger partial charge in [0.15, 0.2) is 0 Å². The number of carbonyl (C=O) groups excluding carboxylic acids is 1. The molecule has 16 heavy (non-hydrogen) atoms. The van der Waals surface area contributed by atoms with Crippen molar-refractivity contribution in [3.63, 3.8) is 0 Å². The van der Waals surface area contributed by atoms with E-state index < -0.39 is 17.8 Å². The highest BCUT2D eigenvalue weighted by atomic mass is 35.5. The minimum absolute atomic E-state index is 0. The first-order valence-corrected chi connectivity index (χ1v) is 4.27. The van der Waals surface area contributed by atoms with Crippen LogP contribution in [0.15, 0.2) is 18.2 Å². The highest BCUT2D eigenvalue weighted by Gasteiger charge is 2.20. The lowest BCUT2D eigenvalue weighted by molar-refractivity contribution is -0.142. The number of carbonyl (C=O) groups is 1. The lowest BCUT2D eigenvalue weighted by Crippen LogP contribution is -2.23. The lowest BCUT2D eigenvalue weighted by Gasteiger charge is -2.13. The van der Waals surface area contributed by atoms with E-state index in [0.29, 0.717) is 5.75 Å². The third kappa shape index (κ3) is 3.08. The van der Waals surface area contributed by atoms with E-state index in [1.165, 1.54) is 26.4 Å². The quantitative estimate of drug-likeness (QED) is 0.824. The molecule has 1 rings (SSSR count). The fourth-order valence-electron chi connectivity index (χ4n) is 1.20. The molecule has 0 bridgehead atoms. The number of methoxy groups -OCH3 is 2.